The average molecular weight is 355 g/mol. The zero-order valence-corrected chi connectivity index (χ0v) is 15.4. The third-order valence-corrected chi connectivity index (χ3v) is 4.76. The molecule has 0 amide bonds. The van der Waals surface area contributed by atoms with Crippen molar-refractivity contribution < 1.29 is 9.66 Å². The van der Waals surface area contributed by atoms with Gasteiger partial charge >= 0.3 is 0 Å². The molecule has 0 saturated carbocycles. The highest BCUT2D eigenvalue weighted by molar-refractivity contribution is 5.55. The van der Waals surface area contributed by atoms with E-state index in [2.05, 4.69) is 21.9 Å². The molecule has 0 atom stereocenters. The molecule has 0 N–H and O–H groups in total. The largest absolute Gasteiger partial charge is 0.494 e. The van der Waals surface area contributed by atoms with E-state index >= 15 is 0 Å². The SMILES string of the molecule is CCOc1ccc(CN2CCN(c3ccc([N+](=O)[O-])c(C)c3)CC2)cc1. The minimum absolute atomic E-state index is 0.183. The first-order chi connectivity index (χ1) is 12.6. The van der Waals surface area contributed by atoms with Gasteiger partial charge in [0.05, 0.1) is 11.5 Å². The second-order valence-corrected chi connectivity index (χ2v) is 6.57. The van der Waals surface area contributed by atoms with Crippen LogP contribution in [0.3, 0.4) is 0 Å². The minimum atomic E-state index is -0.326. The molecule has 138 valence electrons. The van der Waals surface area contributed by atoms with Gasteiger partial charge in [-0.3, -0.25) is 15.0 Å². The molecule has 0 unspecified atom stereocenters. The molecule has 1 saturated heterocycles. The van der Waals surface area contributed by atoms with Gasteiger partial charge in [-0.2, -0.15) is 0 Å². The fourth-order valence-corrected chi connectivity index (χ4v) is 3.32. The Hall–Kier alpha value is -2.60. The van der Waals surface area contributed by atoms with Gasteiger partial charge in [0.25, 0.3) is 5.69 Å². The average Bonchev–Trinajstić information content (AvgIpc) is 2.64. The first-order valence-corrected chi connectivity index (χ1v) is 9.01. The number of nitro groups is 1. The van der Waals surface area contributed by atoms with E-state index in [0.29, 0.717) is 12.2 Å². The van der Waals surface area contributed by atoms with Crippen LogP contribution in [0.15, 0.2) is 42.5 Å². The predicted octanol–water partition coefficient (Wildman–Crippen LogP) is 3.62. The lowest BCUT2D eigenvalue weighted by Crippen LogP contribution is -2.46. The number of piperazine rings is 1. The Morgan fingerprint density at radius 1 is 1.08 bits per heavy atom. The van der Waals surface area contributed by atoms with Crippen LogP contribution in [-0.2, 0) is 6.54 Å². The second kappa shape index (κ2) is 8.19. The molecule has 6 heteroatoms. The molecule has 1 aliphatic rings. The summed E-state index contributed by atoms with van der Waals surface area (Å²) in [5.41, 5.74) is 3.24. The van der Waals surface area contributed by atoms with E-state index in [-0.39, 0.29) is 10.6 Å². The van der Waals surface area contributed by atoms with E-state index in [1.165, 1.54) is 5.56 Å². The summed E-state index contributed by atoms with van der Waals surface area (Å²) in [6.45, 7) is 9.20. The van der Waals surface area contributed by atoms with Crippen molar-refractivity contribution in [1.29, 1.82) is 0 Å². The normalized spacial score (nSPS) is 15.1. The fraction of sp³-hybridized carbons (Fsp3) is 0.400. The number of ether oxygens (including phenoxy) is 1. The first kappa shape index (κ1) is 18.2. The van der Waals surface area contributed by atoms with Gasteiger partial charge in [0.1, 0.15) is 5.75 Å². The molecule has 2 aromatic rings. The molecule has 0 aliphatic carbocycles. The fourth-order valence-electron chi connectivity index (χ4n) is 3.32. The number of rotatable bonds is 6. The van der Waals surface area contributed by atoms with Gasteiger partial charge in [0, 0.05) is 50.0 Å². The zero-order chi connectivity index (χ0) is 18.5. The third kappa shape index (κ3) is 4.32. The molecular formula is C20H25N3O3. The lowest BCUT2D eigenvalue weighted by molar-refractivity contribution is -0.385. The Labute approximate surface area is 154 Å². The van der Waals surface area contributed by atoms with Crippen LogP contribution in [-0.4, -0.2) is 42.6 Å². The van der Waals surface area contributed by atoms with Gasteiger partial charge in [-0.25, -0.2) is 0 Å². The van der Waals surface area contributed by atoms with Crippen LogP contribution in [0, 0.1) is 17.0 Å². The monoisotopic (exact) mass is 355 g/mol. The first-order valence-electron chi connectivity index (χ1n) is 9.01. The maximum Gasteiger partial charge on any atom is 0.272 e. The summed E-state index contributed by atoms with van der Waals surface area (Å²) in [7, 11) is 0. The van der Waals surface area contributed by atoms with Crippen molar-refractivity contribution in [2.45, 2.75) is 20.4 Å². The molecule has 0 spiro atoms. The van der Waals surface area contributed by atoms with Gasteiger partial charge in [0.15, 0.2) is 0 Å². The highest BCUT2D eigenvalue weighted by atomic mass is 16.6. The van der Waals surface area contributed by atoms with Crippen LogP contribution in [0.5, 0.6) is 5.75 Å². The van der Waals surface area contributed by atoms with Gasteiger partial charge in [-0.15, -0.1) is 0 Å². The van der Waals surface area contributed by atoms with Gasteiger partial charge < -0.3 is 9.64 Å². The smallest absolute Gasteiger partial charge is 0.272 e. The number of hydrogen-bond acceptors (Lipinski definition) is 5. The van der Waals surface area contributed by atoms with Gasteiger partial charge in [-0.05, 0) is 43.7 Å². The summed E-state index contributed by atoms with van der Waals surface area (Å²) >= 11 is 0. The molecule has 0 aromatic heterocycles. The van der Waals surface area contributed by atoms with Crippen molar-refractivity contribution in [3.63, 3.8) is 0 Å². The van der Waals surface area contributed by atoms with Crippen LogP contribution >= 0.6 is 0 Å². The molecular weight excluding hydrogens is 330 g/mol. The Bertz CT molecular complexity index is 753. The topological polar surface area (TPSA) is 58.8 Å². The molecule has 1 aliphatic heterocycles. The van der Waals surface area contributed by atoms with Crippen molar-refractivity contribution in [1.82, 2.24) is 4.90 Å². The van der Waals surface area contributed by atoms with E-state index < -0.39 is 0 Å². The Kier molecular flexibility index (Phi) is 5.73. The summed E-state index contributed by atoms with van der Waals surface area (Å²) in [5.74, 6) is 0.912. The Morgan fingerprint density at radius 2 is 1.77 bits per heavy atom. The van der Waals surface area contributed by atoms with Crippen LogP contribution < -0.4 is 9.64 Å². The quantitative estimate of drug-likeness (QED) is 0.585. The minimum Gasteiger partial charge on any atom is -0.494 e. The third-order valence-electron chi connectivity index (χ3n) is 4.76. The van der Waals surface area contributed by atoms with Crippen LogP contribution in [0.1, 0.15) is 18.1 Å². The number of aryl methyl sites for hydroxylation is 1. The summed E-state index contributed by atoms with van der Waals surface area (Å²) in [6, 6.07) is 13.7. The standard InChI is InChI=1S/C20H25N3O3/c1-3-26-19-7-4-17(5-8-19)15-21-10-12-22(13-11-21)18-6-9-20(23(24)25)16(2)14-18/h4-9,14H,3,10-13,15H2,1-2H3. The molecule has 1 heterocycles. The van der Waals surface area contributed by atoms with E-state index in [4.69, 9.17) is 4.74 Å². The van der Waals surface area contributed by atoms with Gasteiger partial charge in [0.2, 0.25) is 0 Å². The second-order valence-electron chi connectivity index (χ2n) is 6.57. The molecule has 0 bridgehead atoms. The number of nitrogens with zero attached hydrogens (tertiary/aromatic N) is 3. The Balaban J connectivity index is 1.55. The van der Waals surface area contributed by atoms with E-state index in [0.717, 1.165) is 44.2 Å². The van der Waals surface area contributed by atoms with Crippen molar-refractivity contribution in [2.24, 2.45) is 0 Å². The van der Waals surface area contributed by atoms with Gasteiger partial charge in [-0.1, -0.05) is 12.1 Å². The van der Waals surface area contributed by atoms with Crippen molar-refractivity contribution in [3.8, 4) is 5.75 Å². The highest BCUT2D eigenvalue weighted by Gasteiger charge is 2.19. The Morgan fingerprint density at radius 3 is 2.35 bits per heavy atom. The van der Waals surface area contributed by atoms with Crippen molar-refractivity contribution in [2.75, 3.05) is 37.7 Å². The predicted molar refractivity (Wildman–Crippen MR) is 103 cm³/mol. The molecule has 0 radical (unpaired) electrons. The zero-order valence-electron chi connectivity index (χ0n) is 15.4. The van der Waals surface area contributed by atoms with Crippen LogP contribution in [0.25, 0.3) is 0 Å². The molecule has 26 heavy (non-hydrogen) atoms. The van der Waals surface area contributed by atoms with Crippen LogP contribution in [0.2, 0.25) is 0 Å². The van der Waals surface area contributed by atoms with E-state index in [9.17, 15) is 10.1 Å². The summed E-state index contributed by atoms with van der Waals surface area (Å²) in [6.07, 6.45) is 0. The lowest BCUT2D eigenvalue weighted by atomic mass is 10.1. The molecule has 1 fully saturated rings. The van der Waals surface area contributed by atoms with E-state index in [1.807, 2.05) is 31.2 Å². The maximum atomic E-state index is 11.0. The molecule has 3 rings (SSSR count). The van der Waals surface area contributed by atoms with E-state index in [1.54, 1.807) is 13.0 Å². The number of anilines is 1. The number of hydrogen-bond donors (Lipinski definition) is 0. The summed E-state index contributed by atoms with van der Waals surface area (Å²) in [5, 5.41) is 11.0. The summed E-state index contributed by atoms with van der Waals surface area (Å²) < 4.78 is 5.48. The molecule has 6 nitrogen and oxygen atoms in total. The number of benzene rings is 2. The highest BCUT2D eigenvalue weighted by Crippen LogP contribution is 2.25. The molecule has 2 aromatic carbocycles. The summed E-state index contributed by atoms with van der Waals surface area (Å²) in [4.78, 5) is 15.4. The van der Waals surface area contributed by atoms with Crippen molar-refractivity contribution in [3.05, 3.63) is 63.7 Å². The van der Waals surface area contributed by atoms with Crippen molar-refractivity contribution >= 4 is 11.4 Å². The van der Waals surface area contributed by atoms with Crippen LogP contribution in [0.4, 0.5) is 11.4 Å². The number of nitro benzene ring substituents is 1. The maximum absolute atomic E-state index is 11.0. The lowest BCUT2D eigenvalue weighted by Gasteiger charge is -2.36.